The largest absolute Gasteiger partial charge is 0.444 e. The highest BCUT2D eigenvalue weighted by Crippen LogP contribution is 2.47. The summed E-state index contributed by atoms with van der Waals surface area (Å²) in [5.74, 6) is -3.02. The molecule has 2 aromatic rings. The smallest absolute Gasteiger partial charge is 0.410 e. The van der Waals surface area contributed by atoms with Gasteiger partial charge in [0.25, 0.3) is 5.91 Å². The molecule has 3 fully saturated rings. The van der Waals surface area contributed by atoms with E-state index in [-0.39, 0.29) is 38.4 Å². The maximum absolute atomic E-state index is 14.6. The van der Waals surface area contributed by atoms with Crippen LogP contribution >= 0.6 is 0 Å². The molecule has 5 atom stereocenters. The van der Waals surface area contributed by atoms with Crippen molar-refractivity contribution in [3.63, 3.8) is 0 Å². The molecule has 4 N–H and O–H groups in total. The summed E-state index contributed by atoms with van der Waals surface area (Å²) in [7, 11) is -4.01. The van der Waals surface area contributed by atoms with Crippen LogP contribution in [0.3, 0.4) is 0 Å². The summed E-state index contributed by atoms with van der Waals surface area (Å²) < 4.78 is 47.8. The Morgan fingerprint density at radius 2 is 1.75 bits per heavy atom. The molecule has 2 saturated carbocycles. The zero-order valence-corrected chi connectivity index (χ0v) is 31.8. The van der Waals surface area contributed by atoms with E-state index in [1.807, 2.05) is 12.2 Å². The molecule has 3 heterocycles. The van der Waals surface area contributed by atoms with Crippen LogP contribution in [0.2, 0.25) is 0 Å². The average Bonchev–Trinajstić information content (AvgIpc) is 3.93. The van der Waals surface area contributed by atoms with Gasteiger partial charge in [-0.2, -0.15) is 0 Å². The number of hydrogen-bond donors (Lipinski definition) is 4. The van der Waals surface area contributed by atoms with Crippen molar-refractivity contribution in [3.8, 4) is 0 Å². The standard InChI is InChI=1S/C39H47FN6O8S/c1-24(47)41-27-13-15-28(16-14-27)42-32-12-7-5-3-4-6-10-26-20-39(26,36(50)44-55(52,53)38(2)17-18-38)43-34(48)33-19-29(22-46(33)35(32)49)54-37(51)45-21-25-9-8-11-31(40)30(25)23-45/h6,8-11,13-16,26,29,32-33,42H,3-5,7,12,17-23H2,1-2H3,(H,41,47)(H,43,48)(H,44,50)/b10-6-/t26-,29+,32-,33-,39+/m0/s1. The predicted molar refractivity (Wildman–Crippen MR) is 200 cm³/mol. The van der Waals surface area contributed by atoms with Gasteiger partial charge in [0.2, 0.25) is 27.7 Å². The highest BCUT2D eigenvalue weighted by Gasteiger charge is 2.63. The Balaban J connectivity index is 1.15. The molecule has 14 nitrogen and oxygen atoms in total. The fourth-order valence-corrected chi connectivity index (χ4v) is 9.04. The van der Waals surface area contributed by atoms with E-state index in [4.69, 9.17) is 4.74 Å². The van der Waals surface area contributed by atoms with Gasteiger partial charge < -0.3 is 25.6 Å². The van der Waals surface area contributed by atoms with Gasteiger partial charge in [-0.1, -0.05) is 37.1 Å². The second kappa shape index (κ2) is 14.9. The fraction of sp³-hybridized carbons (Fsp3) is 0.513. The van der Waals surface area contributed by atoms with Crippen LogP contribution in [-0.2, 0) is 47.0 Å². The topological polar surface area (TPSA) is 183 Å². The molecular formula is C39H47FN6O8S. The molecule has 55 heavy (non-hydrogen) atoms. The number of halogens is 1. The van der Waals surface area contributed by atoms with Crippen molar-refractivity contribution in [3.05, 3.63) is 71.6 Å². The number of amides is 5. The van der Waals surface area contributed by atoms with Crippen molar-refractivity contribution < 1.29 is 41.5 Å². The average molecular weight is 779 g/mol. The molecule has 2 aromatic carbocycles. The molecule has 0 unspecified atom stereocenters. The van der Waals surface area contributed by atoms with Gasteiger partial charge in [0.1, 0.15) is 29.5 Å². The number of fused-ring (bicyclic) bond motifs is 3. The second-order valence-corrected chi connectivity index (χ2v) is 17.9. The van der Waals surface area contributed by atoms with Crippen LogP contribution in [0, 0.1) is 11.7 Å². The zero-order chi connectivity index (χ0) is 39.1. The zero-order valence-electron chi connectivity index (χ0n) is 30.9. The first kappa shape index (κ1) is 38.3. The molecule has 0 aromatic heterocycles. The Morgan fingerprint density at radius 3 is 2.45 bits per heavy atom. The Bertz CT molecular complexity index is 2020. The maximum atomic E-state index is 14.6. The third-order valence-corrected chi connectivity index (χ3v) is 13.6. The SMILES string of the molecule is CC(=O)Nc1ccc(N[C@H]2CCCCC/C=C\[C@H]3C[C@@]3(C(=O)NS(=O)(=O)C3(C)CC3)NC(=O)[C@@H]3C[C@@H](OC(=O)N4Cc5cccc(F)c5C4)CN3C2=O)cc1. The van der Waals surface area contributed by atoms with Gasteiger partial charge in [0.15, 0.2) is 0 Å². The van der Waals surface area contributed by atoms with Crippen LogP contribution in [0.25, 0.3) is 0 Å². The number of allylic oxidation sites excluding steroid dienone is 1. The number of rotatable bonds is 7. The van der Waals surface area contributed by atoms with E-state index in [2.05, 4.69) is 20.7 Å². The minimum Gasteiger partial charge on any atom is -0.444 e. The highest BCUT2D eigenvalue weighted by atomic mass is 32.2. The van der Waals surface area contributed by atoms with Crippen LogP contribution in [0.4, 0.5) is 20.6 Å². The first-order valence-corrected chi connectivity index (χ1v) is 20.4. The lowest BCUT2D eigenvalue weighted by Crippen LogP contribution is -2.58. The van der Waals surface area contributed by atoms with Crippen molar-refractivity contribution in [1.29, 1.82) is 0 Å². The van der Waals surface area contributed by atoms with Crippen LogP contribution in [0.5, 0.6) is 0 Å². The minimum atomic E-state index is -4.01. The van der Waals surface area contributed by atoms with Gasteiger partial charge in [-0.05, 0) is 81.3 Å². The molecule has 5 aliphatic rings. The van der Waals surface area contributed by atoms with Gasteiger partial charge in [0, 0.05) is 42.7 Å². The number of nitrogens with zero attached hydrogens (tertiary/aromatic N) is 2. The second-order valence-electron chi connectivity index (χ2n) is 15.7. The number of anilines is 2. The summed E-state index contributed by atoms with van der Waals surface area (Å²) in [5, 5.41) is 8.87. The summed E-state index contributed by atoms with van der Waals surface area (Å²) in [6, 6.07) is 9.58. The van der Waals surface area contributed by atoms with Gasteiger partial charge in [-0.3, -0.25) is 28.8 Å². The number of carbonyl (C=O) groups is 5. The first-order valence-electron chi connectivity index (χ1n) is 18.9. The number of benzene rings is 2. The monoisotopic (exact) mass is 778 g/mol. The lowest BCUT2D eigenvalue weighted by Gasteiger charge is -2.30. The predicted octanol–water partition coefficient (Wildman–Crippen LogP) is 4.08. The molecule has 7 rings (SSSR count). The number of nitrogens with one attached hydrogen (secondary N) is 4. The highest BCUT2D eigenvalue weighted by molar-refractivity contribution is 7.91. The molecule has 294 valence electrons. The van der Waals surface area contributed by atoms with E-state index >= 15 is 0 Å². The Kier molecular flexibility index (Phi) is 10.4. The van der Waals surface area contributed by atoms with E-state index in [0.717, 1.165) is 12.8 Å². The number of sulfonamides is 1. The Hall–Kier alpha value is -4.99. The normalized spacial score (nSPS) is 27.9. The van der Waals surface area contributed by atoms with Crippen LogP contribution in [-0.4, -0.2) is 83.0 Å². The summed E-state index contributed by atoms with van der Waals surface area (Å²) in [5.41, 5.74) is 0.716. The molecular weight excluding hydrogens is 732 g/mol. The van der Waals surface area contributed by atoms with E-state index in [1.165, 1.54) is 22.8 Å². The van der Waals surface area contributed by atoms with E-state index in [0.29, 0.717) is 54.6 Å². The lowest BCUT2D eigenvalue weighted by molar-refractivity contribution is -0.140. The van der Waals surface area contributed by atoms with E-state index < -0.39 is 74.0 Å². The van der Waals surface area contributed by atoms with Crippen molar-refractivity contribution >= 4 is 51.1 Å². The third-order valence-electron chi connectivity index (χ3n) is 11.5. The minimum absolute atomic E-state index is 0.0152. The molecule has 0 radical (unpaired) electrons. The van der Waals surface area contributed by atoms with Crippen molar-refractivity contribution in [2.45, 2.75) is 113 Å². The fourth-order valence-electron chi connectivity index (χ4n) is 7.73. The van der Waals surface area contributed by atoms with Gasteiger partial charge >= 0.3 is 6.09 Å². The van der Waals surface area contributed by atoms with Crippen LogP contribution in [0.1, 0.15) is 82.8 Å². The summed E-state index contributed by atoms with van der Waals surface area (Å²) in [6.07, 6.45) is 6.52. The first-order chi connectivity index (χ1) is 26.2. The van der Waals surface area contributed by atoms with Crippen molar-refractivity contribution in [2.24, 2.45) is 5.92 Å². The maximum Gasteiger partial charge on any atom is 0.410 e. The van der Waals surface area contributed by atoms with Crippen molar-refractivity contribution in [2.75, 3.05) is 17.2 Å². The van der Waals surface area contributed by atoms with Gasteiger partial charge in [0.05, 0.1) is 17.8 Å². The molecule has 2 aliphatic carbocycles. The molecule has 1 saturated heterocycles. The Morgan fingerprint density at radius 1 is 1.00 bits per heavy atom. The number of carbonyl (C=O) groups excluding carboxylic acids is 5. The van der Waals surface area contributed by atoms with Gasteiger partial charge in [-0.15, -0.1) is 0 Å². The molecule has 16 heteroatoms. The summed E-state index contributed by atoms with van der Waals surface area (Å²) in [6.45, 7) is 3.02. The third kappa shape index (κ3) is 8.05. The molecule has 0 spiro atoms. The molecule has 3 aliphatic heterocycles. The Labute approximate surface area is 319 Å². The quantitative estimate of drug-likeness (QED) is 0.301. The molecule has 0 bridgehead atoms. The summed E-state index contributed by atoms with van der Waals surface area (Å²) >= 11 is 0. The number of hydrogen-bond acceptors (Lipinski definition) is 9. The van der Waals surface area contributed by atoms with Gasteiger partial charge in [-0.25, -0.2) is 17.6 Å². The van der Waals surface area contributed by atoms with E-state index in [1.54, 1.807) is 43.3 Å². The summed E-state index contributed by atoms with van der Waals surface area (Å²) in [4.78, 5) is 70.5. The molecule has 5 amide bonds. The lowest BCUT2D eigenvalue weighted by atomic mass is 10.0. The number of ether oxygens (including phenoxy) is 1. The van der Waals surface area contributed by atoms with Crippen LogP contribution in [0.15, 0.2) is 54.6 Å². The van der Waals surface area contributed by atoms with Crippen LogP contribution < -0.4 is 20.7 Å². The van der Waals surface area contributed by atoms with E-state index in [9.17, 15) is 36.8 Å². The van der Waals surface area contributed by atoms with Crippen molar-refractivity contribution in [1.82, 2.24) is 19.8 Å².